The van der Waals surface area contributed by atoms with Crippen molar-refractivity contribution in [1.82, 2.24) is 4.90 Å². The summed E-state index contributed by atoms with van der Waals surface area (Å²) in [7, 11) is 0. The summed E-state index contributed by atoms with van der Waals surface area (Å²) in [5.41, 5.74) is -0.163. The summed E-state index contributed by atoms with van der Waals surface area (Å²) in [5.74, 6) is 1.73. The lowest BCUT2D eigenvalue weighted by molar-refractivity contribution is 0.243. The molecule has 2 heteroatoms. The summed E-state index contributed by atoms with van der Waals surface area (Å²) < 4.78 is 0. The van der Waals surface area contributed by atoms with Gasteiger partial charge in [-0.1, -0.05) is 13.8 Å². The molecule has 1 unspecified atom stereocenters. The summed E-state index contributed by atoms with van der Waals surface area (Å²) in [5, 5.41) is 9.03. The molecule has 1 rings (SSSR count). The van der Waals surface area contributed by atoms with E-state index in [2.05, 4.69) is 24.8 Å². The molecule has 1 aliphatic rings. The fourth-order valence-corrected chi connectivity index (χ4v) is 2.57. The second-order valence-corrected chi connectivity index (χ2v) is 6.52. The van der Waals surface area contributed by atoms with Crippen molar-refractivity contribution in [2.75, 3.05) is 19.6 Å². The lowest BCUT2D eigenvalue weighted by Gasteiger charge is -2.24. The summed E-state index contributed by atoms with van der Waals surface area (Å²) >= 11 is 0. The molecule has 0 aromatic carbocycles. The number of hydrogen-bond donors (Lipinski definition) is 0. The first-order valence-corrected chi connectivity index (χ1v) is 7.08. The molecular weight excluding hydrogens is 208 g/mol. The van der Waals surface area contributed by atoms with Crippen molar-refractivity contribution in [2.45, 2.75) is 53.4 Å². The molecule has 0 bridgehead atoms. The van der Waals surface area contributed by atoms with Crippen LogP contribution in [0.25, 0.3) is 0 Å². The normalized spacial score (nSPS) is 23.4. The van der Waals surface area contributed by atoms with Crippen molar-refractivity contribution in [3.05, 3.63) is 0 Å². The summed E-state index contributed by atoms with van der Waals surface area (Å²) in [6.07, 6.45) is 5.05. The third kappa shape index (κ3) is 5.08. The zero-order valence-electron chi connectivity index (χ0n) is 12.0. The molecule has 0 aliphatic carbocycles. The minimum absolute atomic E-state index is 0.163. The van der Waals surface area contributed by atoms with Gasteiger partial charge in [0.15, 0.2) is 0 Å². The highest BCUT2D eigenvalue weighted by molar-refractivity contribution is 4.92. The van der Waals surface area contributed by atoms with E-state index in [1.54, 1.807) is 0 Å². The van der Waals surface area contributed by atoms with Crippen LogP contribution in [0, 0.1) is 28.6 Å². The lowest BCUT2D eigenvalue weighted by Crippen LogP contribution is -2.29. The van der Waals surface area contributed by atoms with E-state index in [1.807, 2.05) is 13.8 Å². The Labute approximate surface area is 107 Å². The molecule has 0 spiro atoms. The molecule has 0 amide bonds. The van der Waals surface area contributed by atoms with Gasteiger partial charge in [-0.15, -0.1) is 0 Å². The predicted octanol–water partition coefficient (Wildman–Crippen LogP) is 3.68. The van der Waals surface area contributed by atoms with E-state index in [-0.39, 0.29) is 5.41 Å². The molecule has 0 aromatic rings. The zero-order valence-corrected chi connectivity index (χ0v) is 12.0. The van der Waals surface area contributed by atoms with E-state index in [0.29, 0.717) is 0 Å². The Bertz CT molecular complexity index is 263. The van der Waals surface area contributed by atoms with Crippen molar-refractivity contribution in [3.8, 4) is 6.07 Å². The average molecular weight is 236 g/mol. The topological polar surface area (TPSA) is 27.0 Å². The minimum atomic E-state index is -0.163. The average Bonchev–Trinajstić information content (AvgIpc) is 2.52. The van der Waals surface area contributed by atoms with Crippen LogP contribution < -0.4 is 0 Å². The third-order valence-electron chi connectivity index (χ3n) is 4.16. The Hall–Kier alpha value is -0.550. The minimum Gasteiger partial charge on any atom is -0.303 e. The van der Waals surface area contributed by atoms with Crippen LogP contribution in [0.4, 0.5) is 0 Å². The van der Waals surface area contributed by atoms with Crippen LogP contribution in [0.5, 0.6) is 0 Å². The third-order valence-corrected chi connectivity index (χ3v) is 4.16. The molecule has 0 saturated carbocycles. The number of likely N-dealkylation sites (tertiary alicyclic amines) is 1. The van der Waals surface area contributed by atoms with Gasteiger partial charge in [-0.2, -0.15) is 5.26 Å². The molecule has 2 nitrogen and oxygen atoms in total. The van der Waals surface area contributed by atoms with Gasteiger partial charge in [0.25, 0.3) is 0 Å². The molecule has 0 N–H and O–H groups in total. The van der Waals surface area contributed by atoms with Gasteiger partial charge >= 0.3 is 0 Å². The molecule has 1 atom stereocenters. The van der Waals surface area contributed by atoms with Gasteiger partial charge in [-0.05, 0) is 71.0 Å². The highest BCUT2D eigenvalue weighted by Crippen LogP contribution is 2.26. The first-order valence-electron chi connectivity index (χ1n) is 7.08. The van der Waals surface area contributed by atoms with Crippen molar-refractivity contribution >= 4 is 0 Å². The molecule has 17 heavy (non-hydrogen) atoms. The van der Waals surface area contributed by atoms with Crippen LogP contribution in [0.1, 0.15) is 53.4 Å². The fourth-order valence-electron chi connectivity index (χ4n) is 2.57. The Balaban J connectivity index is 2.35. The predicted molar refractivity (Wildman–Crippen MR) is 72.6 cm³/mol. The van der Waals surface area contributed by atoms with Crippen LogP contribution >= 0.6 is 0 Å². The summed E-state index contributed by atoms with van der Waals surface area (Å²) in [6.45, 7) is 12.3. The Kier molecular flexibility index (Phi) is 5.46. The lowest BCUT2D eigenvalue weighted by atomic mass is 9.89. The van der Waals surface area contributed by atoms with Gasteiger partial charge in [-0.25, -0.2) is 0 Å². The maximum absolute atomic E-state index is 9.03. The maximum Gasteiger partial charge on any atom is 0.0684 e. The number of rotatable bonds is 4. The molecule has 0 aromatic heterocycles. The van der Waals surface area contributed by atoms with Gasteiger partial charge in [0, 0.05) is 0 Å². The summed E-state index contributed by atoms with van der Waals surface area (Å²) in [6, 6.07) is 2.40. The fraction of sp³-hybridized carbons (Fsp3) is 0.933. The number of hydrogen-bond acceptors (Lipinski definition) is 2. The molecule has 1 saturated heterocycles. The van der Waals surface area contributed by atoms with E-state index < -0.39 is 0 Å². The van der Waals surface area contributed by atoms with Crippen molar-refractivity contribution in [3.63, 3.8) is 0 Å². The first kappa shape index (κ1) is 14.5. The SMILES string of the molecule is CC(C)C1CCCN(CCC(C)(C)C#N)CC1. The molecule has 1 heterocycles. The van der Waals surface area contributed by atoms with Crippen LogP contribution in [-0.4, -0.2) is 24.5 Å². The van der Waals surface area contributed by atoms with Crippen LogP contribution in [-0.2, 0) is 0 Å². The quantitative estimate of drug-likeness (QED) is 0.744. The summed E-state index contributed by atoms with van der Waals surface area (Å²) in [4.78, 5) is 2.56. The van der Waals surface area contributed by atoms with Crippen molar-refractivity contribution in [2.24, 2.45) is 17.3 Å². The van der Waals surface area contributed by atoms with E-state index in [9.17, 15) is 0 Å². The largest absolute Gasteiger partial charge is 0.303 e. The van der Waals surface area contributed by atoms with Crippen LogP contribution in [0.15, 0.2) is 0 Å². The maximum atomic E-state index is 9.03. The van der Waals surface area contributed by atoms with Crippen LogP contribution in [0.3, 0.4) is 0 Å². The molecule has 98 valence electrons. The van der Waals surface area contributed by atoms with Crippen molar-refractivity contribution < 1.29 is 0 Å². The Morgan fingerprint density at radius 2 is 2.00 bits per heavy atom. The smallest absolute Gasteiger partial charge is 0.0684 e. The molecular formula is C15H28N2. The first-order chi connectivity index (χ1) is 7.94. The monoisotopic (exact) mass is 236 g/mol. The van der Waals surface area contributed by atoms with E-state index in [0.717, 1.165) is 24.8 Å². The van der Waals surface area contributed by atoms with Gasteiger partial charge in [-0.3, -0.25) is 0 Å². The van der Waals surface area contributed by atoms with Gasteiger partial charge in [0.05, 0.1) is 11.5 Å². The highest BCUT2D eigenvalue weighted by atomic mass is 15.1. The van der Waals surface area contributed by atoms with Gasteiger partial charge in [0.2, 0.25) is 0 Å². The standard InChI is InChI=1S/C15H28N2/c1-13(2)14-6-5-9-17(10-7-14)11-8-15(3,4)12-16/h13-14H,5-11H2,1-4H3. The van der Waals surface area contributed by atoms with Gasteiger partial charge < -0.3 is 4.90 Å². The molecule has 1 aliphatic heterocycles. The van der Waals surface area contributed by atoms with Gasteiger partial charge in [0.1, 0.15) is 0 Å². The Morgan fingerprint density at radius 1 is 1.29 bits per heavy atom. The molecule has 1 fully saturated rings. The Morgan fingerprint density at radius 3 is 2.59 bits per heavy atom. The second-order valence-electron chi connectivity index (χ2n) is 6.52. The van der Waals surface area contributed by atoms with Crippen LogP contribution in [0.2, 0.25) is 0 Å². The second kappa shape index (κ2) is 6.40. The van der Waals surface area contributed by atoms with E-state index >= 15 is 0 Å². The van der Waals surface area contributed by atoms with E-state index in [4.69, 9.17) is 5.26 Å². The zero-order chi connectivity index (χ0) is 12.9. The highest BCUT2D eigenvalue weighted by Gasteiger charge is 2.22. The van der Waals surface area contributed by atoms with E-state index in [1.165, 1.54) is 32.4 Å². The van der Waals surface area contributed by atoms with Crippen molar-refractivity contribution in [1.29, 1.82) is 5.26 Å². The number of nitriles is 1. The number of nitrogens with zero attached hydrogens (tertiary/aromatic N) is 2. The molecule has 0 radical (unpaired) electrons.